The zero-order chi connectivity index (χ0) is 14.7. The van der Waals surface area contributed by atoms with Crippen molar-refractivity contribution < 1.29 is 14.6 Å². The fourth-order valence-corrected chi connectivity index (χ4v) is 3.07. The molecule has 1 rings (SSSR count). The Kier molecular flexibility index (Phi) is 5.39. The minimum absolute atomic E-state index is 0.216. The number of carboxylic acids is 1. The molecule has 4 nitrogen and oxygen atoms in total. The standard InChI is InChI=1S/C15H29NO3/c1-6-8-15(13(17)18)9-7-10-16(11-15)12(2)14(3,4)19-5/h12H,6-11H2,1-5H3,(H,17,18). The van der Waals surface area contributed by atoms with E-state index in [2.05, 4.69) is 32.6 Å². The number of hydrogen-bond donors (Lipinski definition) is 1. The van der Waals surface area contributed by atoms with E-state index in [1.54, 1.807) is 7.11 Å². The van der Waals surface area contributed by atoms with Crippen LogP contribution in [0.1, 0.15) is 53.4 Å². The Hall–Kier alpha value is -0.610. The van der Waals surface area contributed by atoms with Gasteiger partial charge in [-0.05, 0) is 46.6 Å². The van der Waals surface area contributed by atoms with E-state index in [9.17, 15) is 9.90 Å². The van der Waals surface area contributed by atoms with Gasteiger partial charge in [0.25, 0.3) is 0 Å². The molecule has 112 valence electrons. The summed E-state index contributed by atoms with van der Waals surface area (Å²) in [6, 6.07) is 0.216. The zero-order valence-corrected chi connectivity index (χ0v) is 13.0. The number of piperidine rings is 1. The summed E-state index contributed by atoms with van der Waals surface area (Å²) < 4.78 is 5.55. The van der Waals surface area contributed by atoms with Crippen molar-refractivity contribution in [1.29, 1.82) is 0 Å². The summed E-state index contributed by atoms with van der Waals surface area (Å²) in [6.45, 7) is 9.93. The Labute approximate surface area is 117 Å². The normalized spacial score (nSPS) is 27.2. The van der Waals surface area contributed by atoms with Crippen molar-refractivity contribution in [3.8, 4) is 0 Å². The third-order valence-corrected chi connectivity index (χ3v) is 4.87. The van der Waals surface area contributed by atoms with Gasteiger partial charge in [-0.3, -0.25) is 9.69 Å². The first-order valence-electron chi connectivity index (χ1n) is 7.31. The number of rotatable bonds is 6. The first-order chi connectivity index (χ1) is 8.79. The molecular weight excluding hydrogens is 242 g/mol. The van der Waals surface area contributed by atoms with E-state index in [4.69, 9.17) is 4.74 Å². The van der Waals surface area contributed by atoms with Gasteiger partial charge < -0.3 is 9.84 Å². The zero-order valence-electron chi connectivity index (χ0n) is 13.0. The van der Waals surface area contributed by atoms with Crippen LogP contribution in [-0.2, 0) is 9.53 Å². The largest absolute Gasteiger partial charge is 0.481 e. The third-order valence-electron chi connectivity index (χ3n) is 4.87. The summed E-state index contributed by atoms with van der Waals surface area (Å²) in [5.74, 6) is -0.638. The van der Waals surface area contributed by atoms with E-state index < -0.39 is 11.4 Å². The average Bonchev–Trinajstić information content (AvgIpc) is 2.38. The second kappa shape index (κ2) is 6.23. The predicted octanol–water partition coefficient (Wildman–Crippen LogP) is 2.77. The van der Waals surface area contributed by atoms with Crippen LogP contribution in [-0.4, -0.2) is 47.8 Å². The van der Waals surface area contributed by atoms with Crippen molar-refractivity contribution >= 4 is 5.97 Å². The highest BCUT2D eigenvalue weighted by molar-refractivity contribution is 5.75. The van der Waals surface area contributed by atoms with Gasteiger partial charge in [-0.1, -0.05) is 13.3 Å². The van der Waals surface area contributed by atoms with E-state index >= 15 is 0 Å². The number of nitrogens with zero attached hydrogens (tertiary/aromatic N) is 1. The molecule has 0 aromatic heterocycles. The second-order valence-corrected chi connectivity index (χ2v) is 6.39. The van der Waals surface area contributed by atoms with Gasteiger partial charge in [0.2, 0.25) is 0 Å². The summed E-state index contributed by atoms with van der Waals surface area (Å²) in [5, 5.41) is 9.62. The van der Waals surface area contributed by atoms with E-state index in [1.165, 1.54) is 0 Å². The molecule has 0 aliphatic carbocycles. The smallest absolute Gasteiger partial charge is 0.310 e. The lowest BCUT2D eigenvalue weighted by molar-refractivity contribution is -0.156. The summed E-state index contributed by atoms with van der Waals surface area (Å²) in [5.41, 5.74) is -0.821. The molecule has 19 heavy (non-hydrogen) atoms. The average molecular weight is 271 g/mol. The molecule has 1 N–H and O–H groups in total. The van der Waals surface area contributed by atoms with Gasteiger partial charge in [0.05, 0.1) is 11.0 Å². The van der Waals surface area contributed by atoms with Gasteiger partial charge >= 0.3 is 5.97 Å². The van der Waals surface area contributed by atoms with Gasteiger partial charge in [-0.15, -0.1) is 0 Å². The van der Waals surface area contributed by atoms with Crippen LogP contribution in [0.2, 0.25) is 0 Å². The van der Waals surface area contributed by atoms with Crippen LogP contribution < -0.4 is 0 Å². The van der Waals surface area contributed by atoms with E-state index in [0.29, 0.717) is 6.54 Å². The second-order valence-electron chi connectivity index (χ2n) is 6.39. The van der Waals surface area contributed by atoms with Crippen molar-refractivity contribution in [3.63, 3.8) is 0 Å². The highest BCUT2D eigenvalue weighted by Crippen LogP contribution is 2.37. The molecule has 1 fully saturated rings. The molecule has 0 saturated carbocycles. The quantitative estimate of drug-likeness (QED) is 0.807. The molecule has 1 heterocycles. The molecule has 0 radical (unpaired) electrons. The molecule has 2 unspecified atom stereocenters. The van der Waals surface area contributed by atoms with Crippen LogP contribution in [0.25, 0.3) is 0 Å². The fraction of sp³-hybridized carbons (Fsp3) is 0.933. The number of aliphatic carboxylic acids is 1. The molecule has 0 bridgehead atoms. The van der Waals surface area contributed by atoms with Gasteiger partial charge in [0, 0.05) is 19.7 Å². The number of carboxylic acid groups (broad SMARTS) is 1. The van der Waals surface area contributed by atoms with E-state index in [-0.39, 0.29) is 11.6 Å². The summed E-state index contributed by atoms with van der Waals surface area (Å²) in [7, 11) is 1.72. The van der Waals surface area contributed by atoms with Crippen molar-refractivity contribution in [3.05, 3.63) is 0 Å². The molecule has 1 aliphatic rings. The molecule has 1 saturated heterocycles. The molecule has 1 aliphatic heterocycles. The van der Waals surface area contributed by atoms with Gasteiger partial charge in [0.15, 0.2) is 0 Å². The van der Waals surface area contributed by atoms with Crippen LogP contribution in [0.5, 0.6) is 0 Å². The molecule has 0 aromatic carbocycles. The highest BCUT2D eigenvalue weighted by atomic mass is 16.5. The molecular formula is C15H29NO3. The molecule has 0 spiro atoms. The van der Waals surface area contributed by atoms with Gasteiger partial charge in [-0.2, -0.15) is 0 Å². The Morgan fingerprint density at radius 2 is 2.16 bits per heavy atom. The Balaban J connectivity index is 2.86. The number of hydrogen-bond acceptors (Lipinski definition) is 3. The summed E-state index contributed by atoms with van der Waals surface area (Å²) in [6.07, 6.45) is 3.43. The topological polar surface area (TPSA) is 49.8 Å². The lowest BCUT2D eigenvalue weighted by atomic mass is 9.75. The minimum atomic E-state index is -0.638. The predicted molar refractivity (Wildman–Crippen MR) is 76.3 cm³/mol. The number of methoxy groups -OCH3 is 1. The SMILES string of the molecule is CCCC1(C(=O)O)CCCN(C(C)C(C)(C)OC)C1. The lowest BCUT2D eigenvalue weighted by Crippen LogP contribution is -2.56. The highest BCUT2D eigenvalue weighted by Gasteiger charge is 2.44. The van der Waals surface area contributed by atoms with E-state index in [0.717, 1.165) is 32.2 Å². The Bertz CT molecular complexity index is 313. The van der Waals surface area contributed by atoms with Gasteiger partial charge in [-0.25, -0.2) is 0 Å². The van der Waals surface area contributed by atoms with Gasteiger partial charge in [0.1, 0.15) is 0 Å². The van der Waals surface area contributed by atoms with Crippen LogP contribution >= 0.6 is 0 Å². The number of ether oxygens (including phenoxy) is 1. The van der Waals surface area contributed by atoms with Crippen molar-refractivity contribution in [2.24, 2.45) is 5.41 Å². The van der Waals surface area contributed by atoms with Crippen molar-refractivity contribution in [1.82, 2.24) is 4.90 Å². The molecule has 2 atom stereocenters. The van der Waals surface area contributed by atoms with Crippen LogP contribution in [0, 0.1) is 5.41 Å². The maximum Gasteiger partial charge on any atom is 0.310 e. The van der Waals surface area contributed by atoms with Crippen LogP contribution in [0.15, 0.2) is 0 Å². The van der Waals surface area contributed by atoms with Crippen molar-refractivity contribution in [2.75, 3.05) is 20.2 Å². The van der Waals surface area contributed by atoms with E-state index in [1.807, 2.05) is 0 Å². The first-order valence-corrected chi connectivity index (χ1v) is 7.31. The van der Waals surface area contributed by atoms with Crippen molar-refractivity contribution in [2.45, 2.75) is 65.0 Å². The Morgan fingerprint density at radius 3 is 2.63 bits per heavy atom. The minimum Gasteiger partial charge on any atom is -0.481 e. The maximum absolute atomic E-state index is 11.7. The monoisotopic (exact) mass is 271 g/mol. The Morgan fingerprint density at radius 1 is 1.53 bits per heavy atom. The lowest BCUT2D eigenvalue weighted by Gasteiger charge is -2.46. The molecule has 4 heteroatoms. The molecule has 0 aromatic rings. The summed E-state index contributed by atoms with van der Waals surface area (Å²) >= 11 is 0. The molecule has 0 amide bonds. The summed E-state index contributed by atoms with van der Waals surface area (Å²) in [4.78, 5) is 14.0. The number of carbonyl (C=O) groups is 1. The van der Waals surface area contributed by atoms with Crippen LogP contribution in [0.3, 0.4) is 0 Å². The fourth-order valence-electron chi connectivity index (χ4n) is 3.07. The maximum atomic E-state index is 11.7. The number of likely N-dealkylation sites (tertiary alicyclic amines) is 1. The first kappa shape index (κ1) is 16.4. The third kappa shape index (κ3) is 3.48. The van der Waals surface area contributed by atoms with Crippen LogP contribution in [0.4, 0.5) is 0 Å².